The summed E-state index contributed by atoms with van der Waals surface area (Å²) in [6, 6.07) is 20.6. The van der Waals surface area contributed by atoms with Crippen LogP contribution >= 0.6 is 0 Å². The molecule has 3 aromatic rings. The van der Waals surface area contributed by atoms with Gasteiger partial charge in [0.15, 0.2) is 0 Å². The lowest BCUT2D eigenvalue weighted by atomic mass is 10.1. The molecule has 0 aliphatic carbocycles. The second-order valence-corrected chi connectivity index (χ2v) is 11.3. The van der Waals surface area contributed by atoms with Crippen LogP contribution in [0.5, 0.6) is 11.5 Å². The van der Waals surface area contributed by atoms with Crippen molar-refractivity contribution in [1.29, 1.82) is 0 Å². The van der Waals surface area contributed by atoms with Crippen LogP contribution in [0.4, 0.5) is 5.69 Å². The van der Waals surface area contributed by atoms with Crippen molar-refractivity contribution in [2.24, 2.45) is 0 Å². The zero-order valence-corrected chi connectivity index (χ0v) is 24.4. The molecule has 10 heteroatoms. The van der Waals surface area contributed by atoms with Gasteiger partial charge in [0.25, 0.3) is 10.0 Å². The molecule has 1 unspecified atom stereocenters. The fourth-order valence-corrected chi connectivity index (χ4v) is 5.66. The second-order valence-electron chi connectivity index (χ2n) is 9.48. The molecule has 9 nitrogen and oxygen atoms in total. The second kappa shape index (κ2) is 13.8. The van der Waals surface area contributed by atoms with Gasteiger partial charge < -0.3 is 19.7 Å². The number of anilines is 1. The molecule has 0 bridgehead atoms. The van der Waals surface area contributed by atoms with E-state index in [1.54, 1.807) is 61.7 Å². The third-order valence-electron chi connectivity index (χ3n) is 6.30. The van der Waals surface area contributed by atoms with Crippen LogP contribution in [0.15, 0.2) is 83.8 Å². The number of hydrogen-bond donors (Lipinski definition) is 1. The Morgan fingerprint density at radius 3 is 1.90 bits per heavy atom. The largest absolute Gasteiger partial charge is 0.497 e. The first-order chi connectivity index (χ1) is 19.1. The minimum atomic E-state index is -4.13. The quantitative estimate of drug-likeness (QED) is 0.332. The number of ether oxygens (including phenoxy) is 2. The molecule has 2 amide bonds. The molecule has 3 aromatic carbocycles. The lowest BCUT2D eigenvalue weighted by molar-refractivity contribution is -0.140. The molecule has 1 atom stereocenters. The Labute approximate surface area is 236 Å². The molecule has 0 spiro atoms. The van der Waals surface area contributed by atoms with Gasteiger partial charge in [0.05, 0.1) is 24.8 Å². The minimum absolute atomic E-state index is 0.0462. The van der Waals surface area contributed by atoms with E-state index in [1.165, 1.54) is 24.1 Å². The van der Waals surface area contributed by atoms with Crippen molar-refractivity contribution in [2.75, 3.05) is 25.1 Å². The van der Waals surface area contributed by atoms with Gasteiger partial charge in [-0.05, 0) is 74.4 Å². The van der Waals surface area contributed by atoms with Crippen molar-refractivity contribution < 1.29 is 27.5 Å². The zero-order valence-electron chi connectivity index (χ0n) is 23.5. The predicted molar refractivity (Wildman–Crippen MR) is 155 cm³/mol. The number of amides is 2. The fraction of sp³-hybridized carbons (Fsp3) is 0.333. The summed E-state index contributed by atoms with van der Waals surface area (Å²) in [6.07, 6.45) is 0.342. The molecule has 0 saturated carbocycles. The highest BCUT2D eigenvalue weighted by Gasteiger charge is 2.33. The molecule has 1 N–H and O–H groups in total. The number of methoxy groups -OCH3 is 2. The van der Waals surface area contributed by atoms with Gasteiger partial charge >= 0.3 is 0 Å². The molecular formula is C30H37N3O6S. The van der Waals surface area contributed by atoms with E-state index in [2.05, 4.69) is 5.32 Å². The van der Waals surface area contributed by atoms with Crippen LogP contribution in [0.25, 0.3) is 0 Å². The van der Waals surface area contributed by atoms with Crippen LogP contribution in [0.2, 0.25) is 0 Å². The maximum Gasteiger partial charge on any atom is 0.264 e. The van der Waals surface area contributed by atoms with E-state index in [1.807, 2.05) is 32.9 Å². The molecule has 0 heterocycles. The van der Waals surface area contributed by atoms with Gasteiger partial charge in [0, 0.05) is 12.6 Å². The number of nitrogens with one attached hydrogen (secondary N) is 1. The summed E-state index contributed by atoms with van der Waals surface area (Å²) in [5, 5.41) is 2.89. The van der Waals surface area contributed by atoms with Crippen LogP contribution < -0.4 is 19.1 Å². The highest BCUT2D eigenvalue weighted by molar-refractivity contribution is 7.92. The van der Waals surface area contributed by atoms with E-state index in [4.69, 9.17) is 9.47 Å². The average molecular weight is 568 g/mol. The summed E-state index contributed by atoms with van der Waals surface area (Å²) in [4.78, 5) is 28.7. The van der Waals surface area contributed by atoms with E-state index < -0.39 is 28.5 Å². The normalized spacial score (nSPS) is 11.9. The Bertz CT molecular complexity index is 1360. The Hall–Kier alpha value is -4.05. The highest BCUT2D eigenvalue weighted by Crippen LogP contribution is 2.27. The SMILES string of the molecule is CCC(C(=O)NC(C)C)N(Cc1ccc(OC)cc1)C(=O)CN(c1ccc(OC)cc1)S(=O)(=O)c1ccccc1. The average Bonchev–Trinajstić information content (AvgIpc) is 2.96. The van der Waals surface area contributed by atoms with E-state index >= 15 is 0 Å². The number of rotatable bonds is 13. The van der Waals surface area contributed by atoms with E-state index in [9.17, 15) is 18.0 Å². The third-order valence-corrected chi connectivity index (χ3v) is 8.09. The van der Waals surface area contributed by atoms with Crippen LogP contribution in [0.3, 0.4) is 0 Å². The van der Waals surface area contributed by atoms with E-state index in [0.29, 0.717) is 23.6 Å². The fourth-order valence-electron chi connectivity index (χ4n) is 4.22. The predicted octanol–water partition coefficient (Wildman–Crippen LogP) is 4.23. The molecule has 0 aromatic heterocycles. The third kappa shape index (κ3) is 7.53. The van der Waals surface area contributed by atoms with Crippen molar-refractivity contribution in [3.63, 3.8) is 0 Å². The Balaban J connectivity index is 2.04. The molecule has 0 aliphatic heterocycles. The Morgan fingerprint density at radius 2 is 1.40 bits per heavy atom. The number of carbonyl (C=O) groups is 2. The molecular weight excluding hydrogens is 530 g/mol. The molecule has 0 saturated heterocycles. The van der Waals surface area contributed by atoms with Gasteiger partial charge in [0.2, 0.25) is 11.8 Å². The van der Waals surface area contributed by atoms with Crippen molar-refractivity contribution in [2.45, 2.75) is 50.7 Å². The van der Waals surface area contributed by atoms with Crippen LogP contribution in [0, 0.1) is 0 Å². The zero-order chi connectivity index (χ0) is 29.3. The van der Waals surface area contributed by atoms with Gasteiger partial charge in [-0.1, -0.05) is 37.3 Å². The molecule has 3 rings (SSSR count). The van der Waals surface area contributed by atoms with Gasteiger partial charge in [-0.15, -0.1) is 0 Å². The first-order valence-corrected chi connectivity index (χ1v) is 14.5. The summed E-state index contributed by atoms with van der Waals surface area (Å²) >= 11 is 0. The van der Waals surface area contributed by atoms with Gasteiger partial charge in [0.1, 0.15) is 24.1 Å². The summed E-state index contributed by atoms with van der Waals surface area (Å²) in [7, 11) is -1.05. The van der Waals surface area contributed by atoms with Gasteiger partial charge in [-0.3, -0.25) is 13.9 Å². The molecule has 214 valence electrons. The lowest BCUT2D eigenvalue weighted by Crippen LogP contribution is -2.53. The first-order valence-electron chi connectivity index (χ1n) is 13.0. The summed E-state index contributed by atoms with van der Waals surface area (Å²) in [5.74, 6) is 0.383. The van der Waals surface area contributed by atoms with Crippen LogP contribution in [-0.4, -0.2) is 58.0 Å². The standard InChI is InChI=1S/C30H37N3O6S/c1-6-28(30(35)31-22(2)3)32(20-23-12-16-25(38-4)17-13-23)29(34)21-33(24-14-18-26(39-5)19-15-24)40(36,37)27-10-8-7-9-11-27/h7-19,22,28H,6,20-21H2,1-5H3,(H,31,35). The number of carbonyl (C=O) groups excluding carboxylic acids is 2. The maximum absolute atomic E-state index is 14.0. The van der Waals surface area contributed by atoms with Crippen molar-refractivity contribution in [1.82, 2.24) is 10.2 Å². The molecule has 0 radical (unpaired) electrons. The smallest absolute Gasteiger partial charge is 0.264 e. The monoisotopic (exact) mass is 567 g/mol. The number of sulfonamides is 1. The summed E-state index contributed by atoms with van der Waals surface area (Å²) in [6.45, 7) is 5.11. The van der Waals surface area contributed by atoms with Gasteiger partial charge in [-0.2, -0.15) is 0 Å². The maximum atomic E-state index is 14.0. The molecule has 0 fully saturated rings. The van der Waals surface area contributed by atoms with E-state index in [0.717, 1.165) is 9.87 Å². The topological polar surface area (TPSA) is 105 Å². The Kier molecular flexibility index (Phi) is 10.6. The van der Waals surface area contributed by atoms with Crippen molar-refractivity contribution in [3.8, 4) is 11.5 Å². The van der Waals surface area contributed by atoms with Crippen LogP contribution in [0.1, 0.15) is 32.8 Å². The lowest BCUT2D eigenvalue weighted by Gasteiger charge is -2.33. The number of nitrogens with zero attached hydrogens (tertiary/aromatic N) is 2. The first kappa shape index (κ1) is 30.5. The van der Waals surface area contributed by atoms with Crippen molar-refractivity contribution in [3.05, 3.63) is 84.4 Å². The molecule has 40 heavy (non-hydrogen) atoms. The highest BCUT2D eigenvalue weighted by atomic mass is 32.2. The number of hydrogen-bond acceptors (Lipinski definition) is 6. The number of benzene rings is 3. The van der Waals surface area contributed by atoms with Crippen molar-refractivity contribution >= 4 is 27.5 Å². The summed E-state index contributed by atoms with van der Waals surface area (Å²) in [5.41, 5.74) is 1.06. The van der Waals surface area contributed by atoms with E-state index in [-0.39, 0.29) is 23.4 Å². The molecule has 0 aliphatic rings. The van der Waals surface area contributed by atoms with Crippen LogP contribution in [-0.2, 0) is 26.2 Å². The minimum Gasteiger partial charge on any atom is -0.497 e. The summed E-state index contributed by atoms with van der Waals surface area (Å²) < 4.78 is 39.2. The van der Waals surface area contributed by atoms with Gasteiger partial charge in [-0.25, -0.2) is 8.42 Å². The Morgan fingerprint density at radius 1 is 0.850 bits per heavy atom.